The minimum atomic E-state index is -1.29. The van der Waals surface area contributed by atoms with Crippen LogP contribution in [0.3, 0.4) is 0 Å². The van der Waals surface area contributed by atoms with Crippen LogP contribution >= 0.6 is 23.2 Å². The molecule has 1 aliphatic heterocycles. The quantitative estimate of drug-likeness (QED) is 0.184. The number of nitrogens with zero attached hydrogens (tertiary/aromatic N) is 1. The van der Waals surface area contributed by atoms with Gasteiger partial charge in [-0.2, -0.15) is 0 Å². The third-order valence-corrected chi connectivity index (χ3v) is 8.24. The molecule has 7 nitrogen and oxygen atoms in total. The molecule has 0 amide bonds. The molecule has 0 radical (unpaired) electrons. The van der Waals surface area contributed by atoms with Gasteiger partial charge < -0.3 is 19.7 Å². The Bertz CT molecular complexity index is 2030. The third kappa shape index (κ3) is 7.32. The first-order valence-electron chi connectivity index (χ1n) is 14.7. The number of aliphatic carboxylic acids is 2. The fraction of sp³-hybridized carbons (Fsp3) is 0.250. The average Bonchev–Trinajstić information content (AvgIpc) is 2.98. The van der Waals surface area contributed by atoms with Gasteiger partial charge in [-0.25, -0.2) is 13.6 Å². The topological polar surface area (TPSA) is 106 Å². The van der Waals surface area contributed by atoms with Crippen LogP contribution in [0, 0.1) is 18.6 Å². The summed E-state index contributed by atoms with van der Waals surface area (Å²) in [6, 6.07) is 13.8. The van der Waals surface area contributed by atoms with Crippen LogP contribution < -0.4 is 4.74 Å². The molecular weight excluding hydrogens is 651 g/mol. The molecule has 0 saturated heterocycles. The van der Waals surface area contributed by atoms with Crippen molar-refractivity contribution in [2.75, 3.05) is 6.61 Å². The predicted molar refractivity (Wildman–Crippen MR) is 178 cm³/mol. The van der Waals surface area contributed by atoms with E-state index in [9.17, 15) is 23.5 Å². The number of benzene rings is 4. The molecule has 0 fully saturated rings. The number of halogens is 4. The molecule has 0 spiro atoms. The van der Waals surface area contributed by atoms with Crippen molar-refractivity contribution in [1.82, 2.24) is 4.98 Å². The largest absolute Gasteiger partial charge is 0.493 e. The Hall–Kier alpha value is -4.31. The van der Waals surface area contributed by atoms with Gasteiger partial charge in [-0.1, -0.05) is 29.3 Å². The molecule has 2 N–H and O–H groups in total. The second kappa shape index (κ2) is 13.4. The van der Waals surface area contributed by atoms with Crippen molar-refractivity contribution >= 4 is 56.8 Å². The molecule has 0 bridgehead atoms. The number of pyridine rings is 1. The molecule has 0 aliphatic carbocycles. The highest BCUT2D eigenvalue weighted by Crippen LogP contribution is 2.46. The number of aryl methyl sites for hydroxylation is 1. The first kappa shape index (κ1) is 34.0. The molecule has 0 saturated carbocycles. The van der Waals surface area contributed by atoms with Crippen LogP contribution in [0.5, 0.6) is 5.75 Å². The van der Waals surface area contributed by atoms with E-state index in [1.807, 2.05) is 25.1 Å². The molecule has 6 rings (SSSR count). The molecule has 1 aromatic heterocycles. The molecule has 1 atom stereocenters. The van der Waals surface area contributed by atoms with E-state index in [0.717, 1.165) is 29.2 Å². The van der Waals surface area contributed by atoms with E-state index in [1.54, 1.807) is 33.0 Å². The van der Waals surface area contributed by atoms with Crippen molar-refractivity contribution < 1.29 is 38.1 Å². The van der Waals surface area contributed by atoms with Gasteiger partial charge in [0.2, 0.25) is 0 Å². The predicted octanol–water partition coefficient (Wildman–Crippen LogP) is 9.14. The van der Waals surface area contributed by atoms with Crippen molar-refractivity contribution in [3.63, 3.8) is 0 Å². The highest BCUT2D eigenvalue weighted by molar-refractivity contribution is 6.36. The van der Waals surface area contributed by atoms with Crippen molar-refractivity contribution in [2.45, 2.75) is 52.2 Å². The monoisotopic (exact) mass is 681 g/mol. The molecule has 5 aromatic rings. The standard InChI is InChI=1S/C28H25ClFNO4.C8H6ClFO2/c1-14-11-18-19(12-16(30)13-20(18)29)24(22(14)26(27(32)33)35-28(2,3)4)17-5-6-21-23-15(8-10-34-21)7-9-31-25(17)23;9-7-4-6(10)2-1-5(7)3-8(11)12/h5-7,9,11-13,26H,8,10H2,1-4H3,(H,32,33);1-2,4H,3H2,(H,11,12)/t26-;/m0./s1. The first-order valence-corrected chi connectivity index (χ1v) is 15.4. The zero-order valence-electron chi connectivity index (χ0n) is 26.0. The average molecular weight is 683 g/mol. The fourth-order valence-electron chi connectivity index (χ4n) is 5.72. The molecular formula is C36H31Cl2F2NO6. The zero-order chi connectivity index (χ0) is 34.2. The zero-order valence-corrected chi connectivity index (χ0v) is 27.5. The van der Waals surface area contributed by atoms with Crippen LogP contribution in [0.25, 0.3) is 32.8 Å². The Labute approximate surface area is 279 Å². The number of rotatable bonds is 6. The van der Waals surface area contributed by atoms with E-state index >= 15 is 0 Å². The summed E-state index contributed by atoms with van der Waals surface area (Å²) in [6.45, 7) is 7.80. The van der Waals surface area contributed by atoms with E-state index in [-0.39, 0.29) is 16.5 Å². The summed E-state index contributed by atoms with van der Waals surface area (Å²) in [7, 11) is 0. The first-order chi connectivity index (χ1) is 22.1. The number of carboxylic acid groups (broad SMARTS) is 2. The second-order valence-corrected chi connectivity index (χ2v) is 12.9. The van der Waals surface area contributed by atoms with E-state index in [2.05, 4.69) is 4.98 Å². The number of aromatic nitrogens is 1. The smallest absolute Gasteiger partial charge is 0.337 e. The number of ether oxygens (including phenoxy) is 2. The summed E-state index contributed by atoms with van der Waals surface area (Å²) in [6.07, 6.45) is 1.00. The summed E-state index contributed by atoms with van der Waals surface area (Å²) < 4.78 is 39.1. The number of hydrogen-bond acceptors (Lipinski definition) is 5. The number of hydrogen-bond donors (Lipinski definition) is 2. The van der Waals surface area contributed by atoms with E-state index in [0.29, 0.717) is 50.7 Å². The lowest BCUT2D eigenvalue weighted by atomic mass is 9.85. The molecule has 11 heteroatoms. The lowest BCUT2D eigenvalue weighted by molar-refractivity contribution is -0.160. The maximum absolute atomic E-state index is 14.7. The summed E-state index contributed by atoms with van der Waals surface area (Å²) in [5.74, 6) is -2.37. The van der Waals surface area contributed by atoms with E-state index < -0.39 is 35.3 Å². The van der Waals surface area contributed by atoms with E-state index in [1.165, 1.54) is 24.3 Å². The van der Waals surface area contributed by atoms with Gasteiger partial charge in [-0.15, -0.1) is 0 Å². The number of fused-ring (bicyclic) bond motifs is 1. The second-order valence-electron chi connectivity index (χ2n) is 12.1. The highest BCUT2D eigenvalue weighted by Gasteiger charge is 2.33. The van der Waals surface area contributed by atoms with Gasteiger partial charge in [-0.05, 0) is 104 Å². The van der Waals surface area contributed by atoms with Gasteiger partial charge in [0.05, 0.1) is 29.2 Å². The molecule has 0 unspecified atom stereocenters. The highest BCUT2D eigenvalue weighted by atomic mass is 35.5. The summed E-state index contributed by atoms with van der Waals surface area (Å²) in [5, 5.41) is 21.1. The van der Waals surface area contributed by atoms with Gasteiger partial charge >= 0.3 is 11.9 Å². The van der Waals surface area contributed by atoms with Crippen LogP contribution in [0.4, 0.5) is 8.78 Å². The van der Waals surface area contributed by atoms with Gasteiger partial charge in [0.15, 0.2) is 6.10 Å². The Morgan fingerprint density at radius 1 is 0.979 bits per heavy atom. The van der Waals surface area contributed by atoms with Crippen LogP contribution in [-0.2, 0) is 27.2 Å². The van der Waals surface area contributed by atoms with Crippen molar-refractivity contribution in [2.24, 2.45) is 0 Å². The van der Waals surface area contributed by atoms with E-state index in [4.69, 9.17) is 37.8 Å². The number of carboxylic acids is 2. The Balaban J connectivity index is 0.000000305. The Morgan fingerprint density at radius 2 is 1.70 bits per heavy atom. The van der Waals surface area contributed by atoms with Gasteiger partial charge in [-0.3, -0.25) is 9.78 Å². The van der Waals surface area contributed by atoms with Crippen LogP contribution in [0.15, 0.2) is 60.8 Å². The van der Waals surface area contributed by atoms with Gasteiger partial charge in [0, 0.05) is 39.5 Å². The number of carbonyl (C=O) groups is 2. The van der Waals surface area contributed by atoms with Crippen LogP contribution in [0.2, 0.25) is 10.0 Å². The molecule has 4 aromatic carbocycles. The fourth-order valence-corrected chi connectivity index (χ4v) is 6.22. The van der Waals surface area contributed by atoms with Crippen LogP contribution in [-0.4, -0.2) is 39.3 Å². The summed E-state index contributed by atoms with van der Waals surface area (Å²) in [5.41, 5.74) is 3.77. The third-order valence-electron chi connectivity index (χ3n) is 7.57. The van der Waals surface area contributed by atoms with Gasteiger partial charge in [0.1, 0.15) is 17.4 Å². The molecule has 1 aliphatic rings. The molecule has 47 heavy (non-hydrogen) atoms. The summed E-state index contributed by atoms with van der Waals surface area (Å²) >= 11 is 12.0. The van der Waals surface area contributed by atoms with Gasteiger partial charge in [0.25, 0.3) is 0 Å². The Kier molecular flexibility index (Phi) is 9.73. The molecule has 2 heterocycles. The normalized spacial score (nSPS) is 13.1. The lowest BCUT2D eigenvalue weighted by Crippen LogP contribution is -2.28. The minimum Gasteiger partial charge on any atom is -0.493 e. The Morgan fingerprint density at radius 3 is 2.36 bits per heavy atom. The van der Waals surface area contributed by atoms with Crippen LogP contribution in [0.1, 0.15) is 49.1 Å². The maximum atomic E-state index is 14.7. The molecule has 244 valence electrons. The maximum Gasteiger partial charge on any atom is 0.337 e. The van der Waals surface area contributed by atoms with Crippen molar-refractivity contribution in [1.29, 1.82) is 0 Å². The van der Waals surface area contributed by atoms with Crippen molar-refractivity contribution in [3.05, 3.63) is 105 Å². The van der Waals surface area contributed by atoms with Crippen molar-refractivity contribution in [3.8, 4) is 16.9 Å². The lowest BCUT2D eigenvalue weighted by Gasteiger charge is -2.29. The SMILES string of the molecule is Cc1cc2c(Cl)cc(F)cc2c(-c2ccc3c4c(ccnc24)CCO3)c1[C@H](OC(C)(C)C)C(=O)O.O=C(O)Cc1ccc(F)cc1Cl. The summed E-state index contributed by atoms with van der Waals surface area (Å²) in [4.78, 5) is 27.5. The minimum absolute atomic E-state index is 0.150.